The van der Waals surface area contributed by atoms with Crippen LogP contribution in [0, 0.1) is 5.92 Å². The predicted octanol–water partition coefficient (Wildman–Crippen LogP) is 7.56. The summed E-state index contributed by atoms with van der Waals surface area (Å²) in [5, 5.41) is 12.9. The van der Waals surface area contributed by atoms with Gasteiger partial charge in [0.05, 0.1) is 23.8 Å². The Hall–Kier alpha value is -3.55. The van der Waals surface area contributed by atoms with Gasteiger partial charge in [-0.15, -0.1) is 0 Å². The molecule has 0 spiro atoms. The van der Waals surface area contributed by atoms with E-state index in [-0.39, 0.29) is 18.1 Å². The Morgan fingerprint density at radius 1 is 0.846 bits per heavy atom. The SMILES string of the molecule is FC(F)(F)c1ccc2c(c1)[C@H]1O[C@@H](CNCCNc3cccc4ccccc34)CC[C@H]1[C@H](c1ccccc1)N2. The molecule has 2 aliphatic heterocycles. The van der Waals surface area contributed by atoms with Crippen molar-refractivity contribution in [3.8, 4) is 0 Å². The monoisotopic (exact) mass is 531 g/mol. The summed E-state index contributed by atoms with van der Waals surface area (Å²) in [6.45, 7) is 2.16. The van der Waals surface area contributed by atoms with Gasteiger partial charge in [0.15, 0.2) is 0 Å². The quantitative estimate of drug-likeness (QED) is 0.215. The second-order valence-electron chi connectivity index (χ2n) is 10.4. The second-order valence-corrected chi connectivity index (χ2v) is 10.4. The number of halogens is 3. The predicted molar refractivity (Wildman–Crippen MR) is 150 cm³/mol. The normalized spacial score (nSPS) is 22.5. The average molecular weight is 532 g/mol. The van der Waals surface area contributed by atoms with E-state index < -0.39 is 17.8 Å². The molecule has 0 amide bonds. The van der Waals surface area contributed by atoms with Crippen molar-refractivity contribution >= 4 is 22.1 Å². The first-order valence-corrected chi connectivity index (χ1v) is 13.6. The summed E-state index contributed by atoms with van der Waals surface area (Å²) in [4.78, 5) is 0. The van der Waals surface area contributed by atoms with Crippen molar-refractivity contribution in [1.29, 1.82) is 0 Å². The van der Waals surface area contributed by atoms with E-state index in [4.69, 9.17) is 4.74 Å². The van der Waals surface area contributed by atoms with Crippen LogP contribution in [0.1, 0.15) is 41.7 Å². The lowest BCUT2D eigenvalue weighted by Gasteiger charge is -2.46. The van der Waals surface area contributed by atoms with Gasteiger partial charge in [-0.1, -0.05) is 66.7 Å². The minimum atomic E-state index is -4.40. The Kier molecular flexibility index (Phi) is 7.19. The highest BCUT2D eigenvalue weighted by molar-refractivity contribution is 5.93. The third kappa shape index (κ3) is 5.47. The van der Waals surface area contributed by atoms with Crippen LogP contribution in [0.15, 0.2) is 91.0 Å². The Morgan fingerprint density at radius 3 is 2.49 bits per heavy atom. The molecule has 1 fully saturated rings. The van der Waals surface area contributed by atoms with Crippen molar-refractivity contribution in [2.45, 2.75) is 37.3 Å². The van der Waals surface area contributed by atoms with E-state index >= 15 is 0 Å². The highest BCUT2D eigenvalue weighted by Gasteiger charge is 2.43. The van der Waals surface area contributed by atoms with Crippen molar-refractivity contribution in [1.82, 2.24) is 5.32 Å². The minimum Gasteiger partial charge on any atom is -0.383 e. The number of ether oxygens (including phenoxy) is 1. The van der Waals surface area contributed by atoms with Gasteiger partial charge >= 0.3 is 6.18 Å². The van der Waals surface area contributed by atoms with E-state index in [2.05, 4.69) is 52.3 Å². The highest BCUT2D eigenvalue weighted by atomic mass is 19.4. The molecule has 4 nitrogen and oxygen atoms in total. The number of rotatable bonds is 7. The number of nitrogens with one attached hydrogen (secondary N) is 3. The molecule has 39 heavy (non-hydrogen) atoms. The van der Waals surface area contributed by atoms with Crippen LogP contribution in [0.5, 0.6) is 0 Å². The van der Waals surface area contributed by atoms with Gasteiger partial charge in [-0.3, -0.25) is 0 Å². The second kappa shape index (κ2) is 10.9. The molecule has 7 heteroatoms. The first kappa shape index (κ1) is 25.7. The molecule has 6 rings (SSSR count). The molecule has 0 aromatic heterocycles. The van der Waals surface area contributed by atoms with Crippen LogP contribution in [0.2, 0.25) is 0 Å². The van der Waals surface area contributed by atoms with E-state index in [0.29, 0.717) is 17.8 Å². The van der Waals surface area contributed by atoms with E-state index in [9.17, 15) is 13.2 Å². The smallest absolute Gasteiger partial charge is 0.383 e. The van der Waals surface area contributed by atoms with Crippen LogP contribution < -0.4 is 16.0 Å². The van der Waals surface area contributed by atoms with Gasteiger partial charge in [-0.2, -0.15) is 13.2 Å². The maximum atomic E-state index is 13.6. The molecule has 0 aliphatic carbocycles. The van der Waals surface area contributed by atoms with Crippen LogP contribution in [-0.4, -0.2) is 25.7 Å². The number of hydrogen-bond acceptors (Lipinski definition) is 4. The average Bonchev–Trinajstić information content (AvgIpc) is 2.96. The zero-order chi connectivity index (χ0) is 26.8. The van der Waals surface area contributed by atoms with Crippen LogP contribution in [0.25, 0.3) is 10.8 Å². The fourth-order valence-corrected chi connectivity index (χ4v) is 6.00. The molecule has 4 atom stereocenters. The molecular weight excluding hydrogens is 499 g/mol. The van der Waals surface area contributed by atoms with Gasteiger partial charge in [-0.05, 0) is 48.1 Å². The van der Waals surface area contributed by atoms with E-state index in [0.717, 1.165) is 43.2 Å². The molecule has 202 valence electrons. The van der Waals surface area contributed by atoms with E-state index in [1.165, 1.54) is 16.8 Å². The van der Waals surface area contributed by atoms with Crippen molar-refractivity contribution in [3.63, 3.8) is 0 Å². The molecule has 0 radical (unpaired) electrons. The van der Waals surface area contributed by atoms with Gasteiger partial charge in [0, 0.05) is 47.9 Å². The summed E-state index contributed by atoms with van der Waals surface area (Å²) in [5.41, 5.74) is 2.90. The Labute approximate surface area is 226 Å². The number of benzene rings is 4. The Morgan fingerprint density at radius 2 is 1.64 bits per heavy atom. The molecule has 0 bridgehead atoms. The standard InChI is InChI=1S/C32H32F3N3O/c33-32(34,35)23-13-16-29-27(19-23)31-26(30(38-29)22-8-2-1-3-9-22)15-14-24(39-31)20-36-17-18-37-28-12-6-10-21-7-4-5-11-25(21)28/h1-13,16,19,24,26,30-31,36-38H,14-15,17-18,20H2/t24-,26+,30+,31+/m1/s1. The van der Waals surface area contributed by atoms with Gasteiger partial charge in [-0.25, -0.2) is 0 Å². The molecular formula is C32H32F3N3O. The summed E-state index contributed by atoms with van der Waals surface area (Å²) >= 11 is 0. The summed E-state index contributed by atoms with van der Waals surface area (Å²) in [6.07, 6.45) is -3.14. The minimum absolute atomic E-state index is 0.0146. The topological polar surface area (TPSA) is 45.3 Å². The molecule has 4 aromatic carbocycles. The highest BCUT2D eigenvalue weighted by Crippen LogP contribution is 2.51. The van der Waals surface area contributed by atoms with E-state index in [1.807, 2.05) is 36.4 Å². The Bertz CT molecular complexity index is 1420. The maximum Gasteiger partial charge on any atom is 0.416 e. The van der Waals surface area contributed by atoms with Crippen LogP contribution in [0.3, 0.4) is 0 Å². The first-order chi connectivity index (χ1) is 19.0. The molecule has 0 unspecified atom stereocenters. The lowest BCUT2D eigenvalue weighted by Crippen LogP contribution is -2.42. The summed E-state index contributed by atoms with van der Waals surface area (Å²) < 4.78 is 47.3. The summed E-state index contributed by atoms with van der Waals surface area (Å²) in [6, 6.07) is 28.6. The molecule has 2 heterocycles. The fourth-order valence-electron chi connectivity index (χ4n) is 6.00. The van der Waals surface area contributed by atoms with Crippen LogP contribution in [0.4, 0.5) is 24.5 Å². The molecule has 0 saturated carbocycles. The third-order valence-electron chi connectivity index (χ3n) is 7.91. The first-order valence-electron chi connectivity index (χ1n) is 13.6. The molecule has 3 N–H and O–H groups in total. The number of alkyl halides is 3. The zero-order valence-electron chi connectivity index (χ0n) is 21.5. The zero-order valence-corrected chi connectivity index (χ0v) is 21.5. The number of anilines is 2. The van der Waals surface area contributed by atoms with Crippen molar-refractivity contribution in [3.05, 3.63) is 108 Å². The fraction of sp³-hybridized carbons (Fsp3) is 0.312. The van der Waals surface area contributed by atoms with Crippen LogP contribution in [-0.2, 0) is 10.9 Å². The lowest BCUT2D eigenvalue weighted by atomic mass is 9.76. The van der Waals surface area contributed by atoms with E-state index in [1.54, 1.807) is 6.07 Å². The van der Waals surface area contributed by atoms with Gasteiger partial charge < -0.3 is 20.7 Å². The molecule has 2 aliphatic rings. The van der Waals surface area contributed by atoms with Crippen LogP contribution >= 0.6 is 0 Å². The largest absolute Gasteiger partial charge is 0.416 e. The number of hydrogen-bond donors (Lipinski definition) is 3. The van der Waals surface area contributed by atoms with Crippen molar-refractivity contribution < 1.29 is 17.9 Å². The maximum absolute atomic E-state index is 13.6. The van der Waals surface area contributed by atoms with Gasteiger partial charge in [0.2, 0.25) is 0 Å². The lowest BCUT2D eigenvalue weighted by molar-refractivity contribution is -0.138. The molecule has 1 saturated heterocycles. The number of fused-ring (bicyclic) bond motifs is 4. The van der Waals surface area contributed by atoms with Crippen molar-refractivity contribution in [2.75, 3.05) is 30.3 Å². The Balaban J connectivity index is 1.13. The van der Waals surface area contributed by atoms with Gasteiger partial charge in [0.25, 0.3) is 0 Å². The summed E-state index contributed by atoms with van der Waals surface area (Å²) in [7, 11) is 0. The third-order valence-corrected chi connectivity index (χ3v) is 7.91. The van der Waals surface area contributed by atoms with Crippen molar-refractivity contribution in [2.24, 2.45) is 5.92 Å². The molecule has 4 aromatic rings. The van der Waals surface area contributed by atoms with Gasteiger partial charge in [0.1, 0.15) is 0 Å². The summed E-state index contributed by atoms with van der Waals surface area (Å²) in [5.74, 6) is 0.0488.